The van der Waals surface area contributed by atoms with Gasteiger partial charge in [-0.3, -0.25) is 9.69 Å². The molecule has 116 valence electrons. The van der Waals surface area contributed by atoms with E-state index in [2.05, 4.69) is 22.5 Å². The van der Waals surface area contributed by atoms with Crippen LogP contribution >= 0.6 is 0 Å². The standard InChI is InChI=1S/C16H24FN3O/c1-2-20(11-13-6-8-18-9-7-13)12-16(21)19-15-5-3-4-14(17)10-15/h3-5,10,13,18H,2,6-9,11-12H2,1H3,(H,19,21). The van der Waals surface area contributed by atoms with Crippen LogP contribution in [0.3, 0.4) is 0 Å². The summed E-state index contributed by atoms with van der Waals surface area (Å²) in [6, 6.07) is 5.99. The molecule has 0 aromatic heterocycles. The Morgan fingerprint density at radius 2 is 2.19 bits per heavy atom. The van der Waals surface area contributed by atoms with E-state index in [-0.39, 0.29) is 11.7 Å². The van der Waals surface area contributed by atoms with Gasteiger partial charge in [0.05, 0.1) is 6.54 Å². The first kappa shape index (κ1) is 15.9. The minimum Gasteiger partial charge on any atom is -0.325 e. The maximum absolute atomic E-state index is 13.1. The summed E-state index contributed by atoms with van der Waals surface area (Å²) in [5, 5.41) is 6.10. The lowest BCUT2D eigenvalue weighted by atomic mass is 9.97. The van der Waals surface area contributed by atoms with Gasteiger partial charge in [0.2, 0.25) is 5.91 Å². The first-order valence-electron chi connectivity index (χ1n) is 7.66. The van der Waals surface area contributed by atoms with E-state index in [1.807, 2.05) is 0 Å². The molecule has 1 fully saturated rings. The Kier molecular flexibility index (Phi) is 6.14. The van der Waals surface area contributed by atoms with E-state index >= 15 is 0 Å². The second-order valence-corrected chi connectivity index (χ2v) is 5.58. The molecule has 0 radical (unpaired) electrons. The van der Waals surface area contributed by atoms with Gasteiger partial charge in [-0.15, -0.1) is 0 Å². The molecule has 0 aliphatic carbocycles. The number of amides is 1. The first-order chi connectivity index (χ1) is 10.2. The Morgan fingerprint density at radius 3 is 2.86 bits per heavy atom. The van der Waals surface area contributed by atoms with E-state index in [9.17, 15) is 9.18 Å². The Bertz CT molecular complexity index is 461. The topological polar surface area (TPSA) is 44.4 Å². The minimum absolute atomic E-state index is 0.0867. The fourth-order valence-electron chi connectivity index (χ4n) is 2.70. The van der Waals surface area contributed by atoms with Crippen LogP contribution in [0.15, 0.2) is 24.3 Å². The zero-order chi connectivity index (χ0) is 15.1. The van der Waals surface area contributed by atoms with Crippen molar-refractivity contribution in [2.24, 2.45) is 5.92 Å². The molecular weight excluding hydrogens is 269 g/mol. The van der Waals surface area contributed by atoms with Gasteiger partial charge in [-0.2, -0.15) is 0 Å². The van der Waals surface area contributed by atoms with Gasteiger partial charge >= 0.3 is 0 Å². The summed E-state index contributed by atoms with van der Waals surface area (Å²) < 4.78 is 13.1. The fourth-order valence-corrected chi connectivity index (χ4v) is 2.70. The molecule has 1 amide bonds. The molecule has 1 aromatic rings. The van der Waals surface area contributed by atoms with Crippen molar-refractivity contribution in [2.75, 3.05) is 38.0 Å². The minimum atomic E-state index is -0.338. The van der Waals surface area contributed by atoms with Crippen LogP contribution in [0.2, 0.25) is 0 Å². The normalized spacial score (nSPS) is 16.1. The van der Waals surface area contributed by atoms with Gasteiger partial charge < -0.3 is 10.6 Å². The third-order valence-electron chi connectivity index (χ3n) is 3.90. The third kappa shape index (κ3) is 5.44. The SMILES string of the molecule is CCN(CC(=O)Nc1cccc(F)c1)CC1CCNCC1. The first-order valence-corrected chi connectivity index (χ1v) is 7.66. The van der Waals surface area contributed by atoms with E-state index in [1.54, 1.807) is 12.1 Å². The summed E-state index contributed by atoms with van der Waals surface area (Å²) in [5.41, 5.74) is 0.512. The molecule has 1 heterocycles. The number of carbonyl (C=O) groups is 1. The second kappa shape index (κ2) is 8.10. The highest BCUT2D eigenvalue weighted by atomic mass is 19.1. The smallest absolute Gasteiger partial charge is 0.238 e. The number of hydrogen-bond donors (Lipinski definition) is 2. The molecule has 0 spiro atoms. The molecule has 0 bridgehead atoms. The monoisotopic (exact) mass is 293 g/mol. The molecule has 2 rings (SSSR count). The highest BCUT2D eigenvalue weighted by Crippen LogP contribution is 2.14. The molecule has 2 N–H and O–H groups in total. The number of nitrogens with one attached hydrogen (secondary N) is 2. The number of halogens is 1. The van der Waals surface area contributed by atoms with Gasteiger partial charge in [0.1, 0.15) is 5.82 Å². The van der Waals surface area contributed by atoms with Crippen LogP contribution in [0, 0.1) is 11.7 Å². The molecular formula is C16H24FN3O. The van der Waals surface area contributed by atoms with Crippen molar-refractivity contribution in [3.63, 3.8) is 0 Å². The second-order valence-electron chi connectivity index (χ2n) is 5.58. The molecule has 1 aliphatic rings. The van der Waals surface area contributed by atoms with Gasteiger partial charge in [0.15, 0.2) is 0 Å². The van der Waals surface area contributed by atoms with Crippen molar-refractivity contribution in [3.8, 4) is 0 Å². The summed E-state index contributed by atoms with van der Waals surface area (Å²) in [4.78, 5) is 14.2. The molecule has 5 heteroatoms. The summed E-state index contributed by atoms with van der Waals surface area (Å²) in [7, 11) is 0. The average Bonchev–Trinajstić information content (AvgIpc) is 2.47. The number of hydrogen-bond acceptors (Lipinski definition) is 3. The molecule has 0 atom stereocenters. The maximum atomic E-state index is 13.1. The number of rotatable bonds is 6. The third-order valence-corrected chi connectivity index (χ3v) is 3.90. The molecule has 1 saturated heterocycles. The molecule has 21 heavy (non-hydrogen) atoms. The van der Waals surface area contributed by atoms with Crippen LogP contribution in [-0.2, 0) is 4.79 Å². The van der Waals surface area contributed by atoms with Gasteiger partial charge in [-0.25, -0.2) is 4.39 Å². The van der Waals surface area contributed by atoms with Crippen molar-refractivity contribution in [1.29, 1.82) is 0 Å². The molecule has 1 aromatic carbocycles. The van der Waals surface area contributed by atoms with E-state index in [0.717, 1.165) is 26.2 Å². The van der Waals surface area contributed by atoms with Gasteiger partial charge in [-0.1, -0.05) is 13.0 Å². The number of piperidine rings is 1. The highest BCUT2D eigenvalue weighted by molar-refractivity contribution is 5.92. The predicted molar refractivity (Wildman–Crippen MR) is 82.7 cm³/mol. The van der Waals surface area contributed by atoms with Gasteiger partial charge in [0, 0.05) is 12.2 Å². The zero-order valence-corrected chi connectivity index (χ0v) is 12.6. The van der Waals surface area contributed by atoms with Crippen LogP contribution in [-0.4, -0.2) is 43.5 Å². The lowest BCUT2D eigenvalue weighted by Gasteiger charge is -2.28. The largest absolute Gasteiger partial charge is 0.325 e. The molecule has 4 nitrogen and oxygen atoms in total. The highest BCUT2D eigenvalue weighted by Gasteiger charge is 2.18. The molecule has 0 unspecified atom stereocenters. The molecule has 1 aliphatic heterocycles. The summed E-state index contributed by atoms with van der Waals surface area (Å²) >= 11 is 0. The van der Waals surface area contributed by atoms with Crippen LogP contribution in [0.25, 0.3) is 0 Å². The number of likely N-dealkylation sites (N-methyl/N-ethyl adjacent to an activating group) is 1. The Balaban J connectivity index is 1.81. The predicted octanol–water partition coefficient (Wildman–Crippen LogP) is 2.09. The Labute approximate surface area is 125 Å². The van der Waals surface area contributed by atoms with E-state index < -0.39 is 0 Å². The van der Waals surface area contributed by atoms with Gasteiger partial charge in [0.25, 0.3) is 0 Å². The number of nitrogens with zero attached hydrogens (tertiary/aromatic N) is 1. The van der Waals surface area contributed by atoms with Crippen LogP contribution < -0.4 is 10.6 Å². The van der Waals surface area contributed by atoms with Crippen LogP contribution in [0.4, 0.5) is 10.1 Å². The van der Waals surface area contributed by atoms with Crippen molar-refractivity contribution >= 4 is 11.6 Å². The fraction of sp³-hybridized carbons (Fsp3) is 0.562. The lowest BCUT2D eigenvalue weighted by Crippen LogP contribution is -2.39. The number of benzene rings is 1. The number of carbonyl (C=O) groups excluding carboxylic acids is 1. The summed E-state index contributed by atoms with van der Waals surface area (Å²) in [6.07, 6.45) is 2.34. The van der Waals surface area contributed by atoms with Crippen LogP contribution in [0.5, 0.6) is 0 Å². The summed E-state index contributed by atoms with van der Waals surface area (Å²) in [5.74, 6) is 0.236. The van der Waals surface area contributed by atoms with E-state index in [4.69, 9.17) is 0 Å². The lowest BCUT2D eigenvalue weighted by molar-refractivity contribution is -0.117. The van der Waals surface area contributed by atoms with Crippen LogP contribution in [0.1, 0.15) is 19.8 Å². The Morgan fingerprint density at radius 1 is 1.43 bits per heavy atom. The van der Waals surface area contributed by atoms with Crippen molar-refractivity contribution in [2.45, 2.75) is 19.8 Å². The number of anilines is 1. The average molecular weight is 293 g/mol. The van der Waals surface area contributed by atoms with E-state index in [0.29, 0.717) is 18.2 Å². The quantitative estimate of drug-likeness (QED) is 0.844. The van der Waals surface area contributed by atoms with Crippen molar-refractivity contribution in [3.05, 3.63) is 30.1 Å². The molecule has 0 saturated carbocycles. The van der Waals surface area contributed by atoms with E-state index in [1.165, 1.54) is 25.0 Å². The zero-order valence-electron chi connectivity index (χ0n) is 12.6. The van der Waals surface area contributed by atoms with Crippen molar-refractivity contribution in [1.82, 2.24) is 10.2 Å². The van der Waals surface area contributed by atoms with Gasteiger partial charge in [-0.05, 0) is 56.6 Å². The summed E-state index contributed by atoms with van der Waals surface area (Å²) in [6.45, 7) is 6.36. The Hall–Kier alpha value is -1.46. The maximum Gasteiger partial charge on any atom is 0.238 e. The van der Waals surface area contributed by atoms with Crippen molar-refractivity contribution < 1.29 is 9.18 Å².